The minimum atomic E-state index is -3.48. The van der Waals surface area contributed by atoms with Gasteiger partial charge in [0.15, 0.2) is 0 Å². The Morgan fingerprint density at radius 1 is 0.533 bits per heavy atom. The highest BCUT2D eigenvalue weighted by atomic mass is 32.2. The summed E-state index contributed by atoms with van der Waals surface area (Å²) in [5.74, 6) is 0. The second-order valence-electron chi connectivity index (χ2n) is 6.64. The molecule has 152 valence electrons. The van der Waals surface area contributed by atoms with Gasteiger partial charge in [-0.15, -0.1) is 0 Å². The zero-order chi connectivity index (χ0) is 21.2. The lowest BCUT2D eigenvalue weighted by molar-refractivity contribution is 0.601. The van der Waals surface area contributed by atoms with Crippen LogP contribution in [-0.4, -0.2) is 8.42 Å². The molecular weight excluding hydrogens is 392 g/mol. The van der Waals surface area contributed by atoms with Crippen LogP contribution in [0.1, 0.15) is 5.56 Å². The normalized spacial score (nSPS) is 10.4. The van der Waals surface area contributed by atoms with Gasteiger partial charge in [-0.1, -0.05) is 72.3 Å². The zero-order valence-corrected chi connectivity index (χ0v) is 17.5. The fourth-order valence-electron chi connectivity index (χ4n) is 2.65. The maximum Gasteiger partial charge on any atom is 0.261 e. The number of rotatable bonds is 5. The third-order valence-corrected chi connectivity index (χ3v) is 5.59. The molecule has 30 heavy (non-hydrogen) atoms. The van der Waals surface area contributed by atoms with Gasteiger partial charge in [-0.05, 0) is 55.5 Å². The fourth-order valence-corrected chi connectivity index (χ4v) is 3.71. The summed E-state index contributed by atoms with van der Waals surface area (Å²) in [6, 6.07) is 35.9. The Labute approximate surface area is 178 Å². The Morgan fingerprint density at radius 3 is 1.37 bits per heavy atom. The van der Waals surface area contributed by atoms with E-state index in [1.807, 2.05) is 73.7 Å². The van der Waals surface area contributed by atoms with E-state index in [4.69, 9.17) is 0 Å². The lowest BCUT2D eigenvalue weighted by Crippen LogP contribution is -2.12. The van der Waals surface area contributed by atoms with Gasteiger partial charge in [0.05, 0.1) is 4.90 Å². The number of para-hydroxylation sites is 3. The van der Waals surface area contributed by atoms with Gasteiger partial charge in [0.25, 0.3) is 10.0 Å². The minimum Gasteiger partial charge on any atom is -0.356 e. The van der Waals surface area contributed by atoms with Crippen molar-refractivity contribution in [2.75, 3.05) is 10.0 Å². The fraction of sp³-hybridized carbons (Fsp3) is 0.0400. The first-order valence-corrected chi connectivity index (χ1v) is 11.0. The number of aryl methyl sites for hydroxylation is 1. The number of benzene rings is 4. The Hall–Kier alpha value is -3.57. The molecule has 0 aromatic heterocycles. The SMILES string of the molecule is Cc1ccc(S(=O)(=O)Nc2ccccc2)cc1.c1ccc(Nc2ccccc2)cc1. The summed E-state index contributed by atoms with van der Waals surface area (Å²) in [6.07, 6.45) is 0. The van der Waals surface area contributed by atoms with E-state index in [0.29, 0.717) is 5.69 Å². The highest BCUT2D eigenvalue weighted by Crippen LogP contribution is 2.16. The molecule has 0 atom stereocenters. The molecule has 0 saturated heterocycles. The Kier molecular flexibility index (Phi) is 7.24. The van der Waals surface area contributed by atoms with Gasteiger partial charge in [-0.2, -0.15) is 0 Å². The van der Waals surface area contributed by atoms with Crippen LogP contribution >= 0.6 is 0 Å². The van der Waals surface area contributed by atoms with E-state index in [-0.39, 0.29) is 4.90 Å². The van der Waals surface area contributed by atoms with Crippen molar-refractivity contribution < 1.29 is 8.42 Å². The van der Waals surface area contributed by atoms with Gasteiger partial charge in [0.1, 0.15) is 0 Å². The molecule has 2 N–H and O–H groups in total. The predicted molar refractivity (Wildman–Crippen MR) is 125 cm³/mol. The molecule has 0 spiro atoms. The van der Waals surface area contributed by atoms with Gasteiger partial charge in [-0.3, -0.25) is 4.72 Å². The summed E-state index contributed by atoms with van der Waals surface area (Å²) in [6.45, 7) is 1.92. The first-order valence-electron chi connectivity index (χ1n) is 9.54. The topological polar surface area (TPSA) is 58.2 Å². The number of nitrogens with one attached hydrogen (secondary N) is 2. The maximum absolute atomic E-state index is 12.0. The van der Waals surface area contributed by atoms with Crippen molar-refractivity contribution >= 4 is 27.1 Å². The first-order chi connectivity index (χ1) is 14.5. The Morgan fingerprint density at radius 2 is 0.933 bits per heavy atom. The summed E-state index contributed by atoms with van der Waals surface area (Å²) < 4.78 is 26.5. The summed E-state index contributed by atoms with van der Waals surface area (Å²) in [7, 11) is -3.48. The number of sulfonamides is 1. The molecule has 4 aromatic rings. The van der Waals surface area contributed by atoms with Gasteiger partial charge >= 0.3 is 0 Å². The number of anilines is 3. The van der Waals surface area contributed by atoms with Crippen molar-refractivity contribution in [3.8, 4) is 0 Å². The van der Waals surface area contributed by atoms with E-state index >= 15 is 0 Å². The summed E-state index contributed by atoms with van der Waals surface area (Å²) in [5.41, 5.74) is 3.83. The second-order valence-corrected chi connectivity index (χ2v) is 8.32. The Balaban J connectivity index is 0.000000177. The molecule has 0 unspecified atom stereocenters. The lowest BCUT2D eigenvalue weighted by Gasteiger charge is -2.07. The van der Waals surface area contributed by atoms with Crippen LogP contribution in [0, 0.1) is 6.92 Å². The van der Waals surface area contributed by atoms with Gasteiger partial charge < -0.3 is 5.32 Å². The molecule has 0 amide bonds. The van der Waals surface area contributed by atoms with Crippen molar-refractivity contribution in [2.24, 2.45) is 0 Å². The molecule has 4 aromatic carbocycles. The van der Waals surface area contributed by atoms with Crippen LogP contribution in [0.25, 0.3) is 0 Å². The summed E-state index contributed by atoms with van der Waals surface area (Å²) >= 11 is 0. The maximum atomic E-state index is 12.0. The quantitative estimate of drug-likeness (QED) is 0.406. The van der Waals surface area contributed by atoms with E-state index in [2.05, 4.69) is 10.0 Å². The first kappa shape index (κ1) is 21.1. The van der Waals surface area contributed by atoms with Crippen molar-refractivity contribution in [2.45, 2.75) is 11.8 Å². The van der Waals surface area contributed by atoms with Crippen LogP contribution in [0.2, 0.25) is 0 Å². The van der Waals surface area contributed by atoms with Crippen LogP contribution in [-0.2, 0) is 10.0 Å². The largest absolute Gasteiger partial charge is 0.356 e. The minimum absolute atomic E-state index is 0.270. The molecule has 5 heteroatoms. The smallest absolute Gasteiger partial charge is 0.261 e. The van der Waals surface area contributed by atoms with Crippen molar-refractivity contribution in [1.29, 1.82) is 0 Å². The van der Waals surface area contributed by atoms with E-state index < -0.39 is 10.0 Å². The van der Waals surface area contributed by atoms with Crippen LogP contribution < -0.4 is 10.0 Å². The second kappa shape index (κ2) is 10.3. The van der Waals surface area contributed by atoms with E-state index in [1.165, 1.54) is 0 Å². The molecule has 0 aliphatic rings. The predicted octanol–water partition coefficient (Wildman–Crippen LogP) is 6.23. The Bertz CT molecular complexity index is 1090. The molecule has 0 radical (unpaired) electrons. The average molecular weight is 417 g/mol. The molecule has 4 rings (SSSR count). The molecule has 0 fully saturated rings. The molecule has 0 aliphatic heterocycles. The highest BCUT2D eigenvalue weighted by Gasteiger charge is 2.13. The van der Waals surface area contributed by atoms with E-state index in [9.17, 15) is 8.42 Å². The van der Waals surface area contributed by atoms with Crippen molar-refractivity contribution in [3.05, 3.63) is 121 Å². The van der Waals surface area contributed by atoms with E-state index in [1.54, 1.807) is 48.5 Å². The van der Waals surface area contributed by atoms with Crippen molar-refractivity contribution in [1.82, 2.24) is 0 Å². The van der Waals surface area contributed by atoms with Gasteiger partial charge in [-0.25, -0.2) is 8.42 Å². The third kappa shape index (κ3) is 6.50. The standard InChI is InChI=1S/C13H13NO2S.C12H11N/c1-11-7-9-13(10-8-11)17(15,16)14-12-5-3-2-4-6-12;1-3-7-11(8-4-1)13-12-9-5-2-6-10-12/h2-10,14H,1H3;1-10,13H. The monoisotopic (exact) mass is 416 g/mol. The summed E-state index contributed by atoms with van der Waals surface area (Å²) in [4.78, 5) is 0.270. The van der Waals surface area contributed by atoms with Crippen LogP contribution in [0.15, 0.2) is 120 Å². The third-order valence-electron chi connectivity index (χ3n) is 4.19. The molecule has 0 heterocycles. The van der Waals surface area contributed by atoms with E-state index in [0.717, 1.165) is 16.9 Å². The van der Waals surface area contributed by atoms with Gasteiger partial charge in [0.2, 0.25) is 0 Å². The number of hydrogen-bond acceptors (Lipinski definition) is 3. The molecular formula is C25H24N2O2S. The van der Waals surface area contributed by atoms with Crippen LogP contribution in [0.5, 0.6) is 0 Å². The molecule has 0 saturated carbocycles. The molecule has 0 aliphatic carbocycles. The molecule has 4 nitrogen and oxygen atoms in total. The average Bonchev–Trinajstić information content (AvgIpc) is 2.76. The van der Waals surface area contributed by atoms with Crippen LogP contribution in [0.4, 0.5) is 17.1 Å². The number of hydrogen-bond donors (Lipinski definition) is 2. The highest BCUT2D eigenvalue weighted by molar-refractivity contribution is 7.92. The zero-order valence-electron chi connectivity index (χ0n) is 16.7. The lowest BCUT2D eigenvalue weighted by atomic mass is 10.2. The van der Waals surface area contributed by atoms with Crippen LogP contribution in [0.3, 0.4) is 0 Å². The van der Waals surface area contributed by atoms with Crippen molar-refractivity contribution in [3.63, 3.8) is 0 Å². The summed E-state index contributed by atoms with van der Waals surface area (Å²) in [5, 5.41) is 3.30. The van der Waals surface area contributed by atoms with Gasteiger partial charge in [0, 0.05) is 17.1 Å². The molecule has 0 bridgehead atoms.